The van der Waals surface area contributed by atoms with E-state index in [-0.39, 0.29) is 17.1 Å². The molecule has 0 fully saturated rings. The van der Waals surface area contributed by atoms with Crippen molar-refractivity contribution in [1.82, 2.24) is 0 Å². The zero-order valence-corrected chi connectivity index (χ0v) is 24.0. The molecule has 0 bridgehead atoms. The van der Waals surface area contributed by atoms with Crippen LogP contribution in [0, 0.1) is 0 Å². The number of hydrogen-bond acceptors (Lipinski definition) is 15. The van der Waals surface area contributed by atoms with Gasteiger partial charge in [0.1, 0.15) is 0 Å². The molecule has 233 valence electrons. The summed E-state index contributed by atoms with van der Waals surface area (Å²) < 4.78 is 98.7. The average molecular weight is 707 g/mol. The van der Waals surface area contributed by atoms with Gasteiger partial charge in [-0.25, -0.2) is 0 Å². The molecule has 0 atom stereocenters. The number of rotatable bonds is 9. The number of para-hydroxylation sites is 3. The molecule has 3 aromatic carbocycles. The van der Waals surface area contributed by atoms with E-state index in [4.69, 9.17) is 13.7 Å². The molecule has 0 spiro atoms. The van der Waals surface area contributed by atoms with Gasteiger partial charge in [-0.15, -0.1) is 0 Å². The van der Waals surface area contributed by atoms with Crippen LogP contribution in [0.15, 0.2) is 72.8 Å². The van der Waals surface area contributed by atoms with E-state index in [1.807, 2.05) is 0 Å². The first kappa shape index (κ1) is 38.7. The Bertz CT molecular complexity index is 1560. The fraction of sp³-hybridized carbons (Fsp3) is 0. The molecule has 0 saturated carbocycles. The third-order valence-corrected chi connectivity index (χ3v) is 5.08. The first-order valence-corrected chi connectivity index (χ1v) is 14.2. The van der Waals surface area contributed by atoms with Gasteiger partial charge in [0.2, 0.25) is 0 Å². The molecule has 0 aliphatic heterocycles. The first-order chi connectivity index (χ1) is 19.2. The van der Waals surface area contributed by atoms with Crippen molar-refractivity contribution in [2.75, 3.05) is 0 Å². The first-order valence-electron chi connectivity index (χ1n) is 10.1. The molecule has 0 aliphatic carbocycles. The largest absolute Gasteiger partial charge is 3.00 e. The maximum atomic E-state index is 10.4. The summed E-state index contributed by atoms with van der Waals surface area (Å²) in [4.78, 5) is 31.3. The van der Waals surface area contributed by atoms with Gasteiger partial charge >= 0.3 is 48.3 Å². The second kappa shape index (κ2) is 16.4. The summed E-state index contributed by atoms with van der Waals surface area (Å²) in [6.07, 6.45) is 0. The molecule has 43 heavy (non-hydrogen) atoms. The third kappa shape index (κ3) is 15.5. The summed E-state index contributed by atoms with van der Waals surface area (Å²) in [5.41, 5.74) is -1.36. The van der Waals surface area contributed by atoms with Gasteiger partial charge in [0, 0.05) is 16.7 Å². The number of carbonyl (C=O) groups excluding carboxylic acids is 3. The van der Waals surface area contributed by atoms with Crippen molar-refractivity contribution in [2.24, 2.45) is 0 Å². The van der Waals surface area contributed by atoms with Crippen molar-refractivity contribution in [3.63, 3.8) is 0 Å². The second-order valence-electron chi connectivity index (χ2n) is 6.88. The van der Waals surface area contributed by atoms with E-state index in [1.165, 1.54) is 36.4 Å². The van der Waals surface area contributed by atoms with Crippen LogP contribution in [0.1, 0.15) is 31.1 Å². The number of carbonyl (C=O) groups is 3. The van der Waals surface area contributed by atoms with Gasteiger partial charge in [-0.3, -0.25) is 13.7 Å². The number of carboxylic acids is 3. The van der Waals surface area contributed by atoms with Crippen LogP contribution in [0.3, 0.4) is 0 Å². The topological polar surface area (TPSA) is 311 Å². The minimum absolute atomic E-state index is 0. The normalized spacial score (nSPS) is 10.7. The Morgan fingerprint density at radius 1 is 0.465 bits per heavy atom. The van der Waals surface area contributed by atoms with E-state index in [9.17, 15) is 55.0 Å². The van der Waals surface area contributed by atoms with Crippen molar-refractivity contribution in [1.29, 1.82) is 0 Å². The van der Waals surface area contributed by atoms with Crippen LogP contribution in [0.25, 0.3) is 0 Å². The van der Waals surface area contributed by atoms with E-state index in [0.29, 0.717) is 0 Å². The number of benzene rings is 3. The predicted molar refractivity (Wildman–Crippen MR) is 129 cm³/mol. The minimum Gasteiger partial charge on any atom is -0.545 e. The van der Waals surface area contributed by atoms with Gasteiger partial charge < -0.3 is 42.3 Å². The fourth-order valence-electron chi connectivity index (χ4n) is 2.46. The molecular weight excluding hydrogens is 692 g/mol. The Morgan fingerprint density at radius 2 is 0.651 bits per heavy atom. The average Bonchev–Trinajstić information content (AvgIpc) is 2.82. The molecule has 0 amide bonds. The molecule has 0 unspecified atom stereocenters. The standard InChI is InChI=1S/3C7H6O6S.Fe/c3*8-7(9)5-3-1-2-4-6(5)13-14(10,11)12;/h3*1-4H,(H,8,9)(H,10,11,12);/q;;;+3/p-3. The van der Waals surface area contributed by atoms with Gasteiger partial charge in [0.15, 0.2) is 17.2 Å². The molecular formula is C21H15FeO18S3. The minimum atomic E-state index is -4.72. The Labute approximate surface area is 253 Å². The maximum absolute atomic E-state index is 10.4. The molecule has 22 heteroatoms. The molecule has 0 aromatic heterocycles. The van der Waals surface area contributed by atoms with Gasteiger partial charge in [-0.05, 0) is 36.4 Å². The zero-order chi connectivity index (χ0) is 32.3. The maximum Gasteiger partial charge on any atom is 3.00 e. The van der Waals surface area contributed by atoms with E-state index < -0.39 is 83.0 Å². The van der Waals surface area contributed by atoms with Crippen molar-refractivity contribution < 1.29 is 98.2 Å². The van der Waals surface area contributed by atoms with E-state index >= 15 is 0 Å². The molecule has 3 rings (SSSR count). The summed E-state index contributed by atoms with van der Waals surface area (Å²) in [6.45, 7) is 0. The second-order valence-corrected chi connectivity index (χ2v) is 9.95. The fourth-order valence-corrected chi connectivity index (χ4v) is 3.58. The zero-order valence-electron chi connectivity index (χ0n) is 20.5. The summed E-state index contributed by atoms with van der Waals surface area (Å²) in [5, 5.41) is 31.3. The van der Waals surface area contributed by atoms with Crippen LogP contribution in [0.4, 0.5) is 0 Å². The van der Waals surface area contributed by atoms with E-state index in [1.54, 1.807) is 0 Å². The SMILES string of the molecule is O=C([O-])c1ccccc1OS(=O)(=O)O.O=C([O-])c1ccccc1OS(=O)(=O)O.O=C([O-])c1ccccc1OS(=O)(=O)O.[Fe+3]. The Kier molecular flexibility index (Phi) is 14.8. The van der Waals surface area contributed by atoms with E-state index in [0.717, 1.165) is 36.4 Å². The molecule has 18 nitrogen and oxygen atoms in total. The van der Waals surface area contributed by atoms with Crippen LogP contribution < -0.4 is 27.9 Å². The van der Waals surface area contributed by atoms with Crippen LogP contribution >= 0.6 is 0 Å². The molecule has 3 aromatic rings. The van der Waals surface area contributed by atoms with Crippen molar-refractivity contribution in [3.05, 3.63) is 89.5 Å². The van der Waals surface area contributed by atoms with Crippen LogP contribution in [-0.2, 0) is 48.3 Å². The number of aromatic carboxylic acids is 3. The van der Waals surface area contributed by atoms with Crippen LogP contribution in [0.2, 0.25) is 0 Å². The Hall–Kier alpha value is -4.28. The third-order valence-electron chi connectivity index (χ3n) is 3.91. The molecule has 0 aliphatic rings. The summed E-state index contributed by atoms with van der Waals surface area (Å²) in [6, 6.07) is 14.7. The smallest absolute Gasteiger partial charge is 0.545 e. The van der Waals surface area contributed by atoms with Gasteiger partial charge in [-0.1, -0.05) is 36.4 Å². The quantitative estimate of drug-likeness (QED) is 0.155. The summed E-state index contributed by atoms with van der Waals surface area (Å²) >= 11 is 0. The van der Waals surface area contributed by atoms with Crippen molar-refractivity contribution in [2.45, 2.75) is 0 Å². The van der Waals surface area contributed by atoms with Crippen molar-refractivity contribution >= 4 is 49.1 Å². The summed E-state index contributed by atoms with van der Waals surface area (Å²) in [7, 11) is -14.2. The molecule has 1 radical (unpaired) electrons. The predicted octanol–water partition coefficient (Wildman–Crippen LogP) is -2.31. The monoisotopic (exact) mass is 707 g/mol. The number of carboxylic acid groups (broad SMARTS) is 3. The molecule has 0 heterocycles. The Balaban J connectivity index is 0.000000608. The van der Waals surface area contributed by atoms with E-state index in [2.05, 4.69) is 12.5 Å². The van der Waals surface area contributed by atoms with Gasteiger partial charge in [0.25, 0.3) is 0 Å². The van der Waals surface area contributed by atoms with Gasteiger partial charge in [-0.2, -0.15) is 25.3 Å². The van der Waals surface area contributed by atoms with Crippen molar-refractivity contribution in [3.8, 4) is 17.2 Å². The Morgan fingerprint density at radius 3 is 0.814 bits per heavy atom. The molecule has 3 N–H and O–H groups in total. The van der Waals surface area contributed by atoms with Crippen LogP contribution in [-0.4, -0.2) is 56.8 Å². The number of hydrogen-bond donors (Lipinski definition) is 3. The van der Waals surface area contributed by atoms with Crippen LogP contribution in [0.5, 0.6) is 17.2 Å². The van der Waals surface area contributed by atoms with Gasteiger partial charge in [0.05, 0.1) is 17.9 Å². The molecule has 0 saturated heterocycles. The summed E-state index contributed by atoms with van der Waals surface area (Å²) in [5.74, 6) is -6.25.